The molecule has 0 aliphatic heterocycles. The minimum absolute atomic E-state index is 0.114. The summed E-state index contributed by atoms with van der Waals surface area (Å²) in [6.45, 7) is 9.54. The van der Waals surface area contributed by atoms with E-state index >= 15 is 0 Å². The topological polar surface area (TPSA) is 88.9 Å². The average molecular weight is 299 g/mol. The number of nitrogens with zero attached hydrogens (tertiary/aromatic N) is 3. The second kappa shape index (κ2) is 6.74. The van der Waals surface area contributed by atoms with E-state index in [2.05, 4.69) is 20.8 Å². The second-order valence-corrected chi connectivity index (χ2v) is 6.60. The van der Waals surface area contributed by atoms with Gasteiger partial charge in [0.15, 0.2) is 5.16 Å². The lowest BCUT2D eigenvalue weighted by Crippen LogP contribution is -2.48. The molecule has 0 fully saturated rings. The molecular weight excluding hydrogens is 278 g/mol. The highest BCUT2D eigenvalue weighted by atomic mass is 32.2. The number of thioether (sulfide) groups is 1. The van der Waals surface area contributed by atoms with Gasteiger partial charge in [-0.3, -0.25) is 10.1 Å². The summed E-state index contributed by atoms with van der Waals surface area (Å²) in [4.78, 5) is 23.2. The molecule has 112 valence electrons. The molecule has 0 aliphatic rings. The van der Waals surface area contributed by atoms with Crippen LogP contribution < -0.4 is 10.6 Å². The Morgan fingerprint density at radius 2 is 2.05 bits per heavy atom. The lowest BCUT2D eigenvalue weighted by atomic mass is 10.1. The number of imide groups is 1. The van der Waals surface area contributed by atoms with E-state index in [1.54, 1.807) is 6.33 Å². The maximum atomic E-state index is 11.7. The molecule has 0 unspecified atom stereocenters. The van der Waals surface area contributed by atoms with Crippen molar-refractivity contribution in [3.05, 3.63) is 6.33 Å². The van der Waals surface area contributed by atoms with Gasteiger partial charge in [-0.25, -0.2) is 4.79 Å². The average Bonchev–Trinajstić information content (AvgIpc) is 2.71. The van der Waals surface area contributed by atoms with Crippen LogP contribution in [-0.4, -0.2) is 38.0 Å². The van der Waals surface area contributed by atoms with Crippen LogP contribution in [0, 0.1) is 0 Å². The van der Waals surface area contributed by atoms with Crippen LogP contribution in [0.15, 0.2) is 11.5 Å². The van der Waals surface area contributed by atoms with Gasteiger partial charge in [0.2, 0.25) is 5.91 Å². The van der Waals surface area contributed by atoms with E-state index in [9.17, 15) is 9.59 Å². The van der Waals surface area contributed by atoms with Crippen LogP contribution in [-0.2, 0) is 4.79 Å². The van der Waals surface area contributed by atoms with E-state index in [1.807, 2.05) is 39.2 Å². The van der Waals surface area contributed by atoms with E-state index in [0.29, 0.717) is 5.16 Å². The molecule has 1 rings (SSSR count). The van der Waals surface area contributed by atoms with Crippen molar-refractivity contribution >= 4 is 23.7 Å². The van der Waals surface area contributed by atoms with Gasteiger partial charge in [-0.15, -0.1) is 10.2 Å². The number of rotatable bonds is 4. The SMILES string of the molecule is CC(C)n1cnnc1SCC(=O)NC(=O)NC(C)(C)C. The Morgan fingerprint density at radius 3 is 2.60 bits per heavy atom. The number of amides is 3. The number of carbonyl (C=O) groups is 2. The molecule has 0 radical (unpaired) electrons. The van der Waals surface area contributed by atoms with Crippen LogP contribution in [0.1, 0.15) is 40.7 Å². The van der Waals surface area contributed by atoms with Gasteiger partial charge in [0.1, 0.15) is 6.33 Å². The molecule has 2 N–H and O–H groups in total. The number of hydrogen-bond acceptors (Lipinski definition) is 5. The first-order valence-electron chi connectivity index (χ1n) is 6.33. The Bertz CT molecular complexity index is 478. The monoisotopic (exact) mass is 299 g/mol. The quantitative estimate of drug-likeness (QED) is 0.824. The van der Waals surface area contributed by atoms with Gasteiger partial charge in [-0.05, 0) is 34.6 Å². The lowest BCUT2D eigenvalue weighted by Gasteiger charge is -2.20. The molecule has 8 heteroatoms. The van der Waals surface area contributed by atoms with Crippen LogP contribution >= 0.6 is 11.8 Å². The van der Waals surface area contributed by atoms with Crippen molar-refractivity contribution in [3.8, 4) is 0 Å². The molecule has 0 aliphatic carbocycles. The molecule has 0 bridgehead atoms. The fourth-order valence-corrected chi connectivity index (χ4v) is 2.20. The highest BCUT2D eigenvalue weighted by Gasteiger charge is 2.16. The fraction of sp³-hybridized carbons (Fsp3) is 0.667. The van der Waals surface area contributed by atoms with Crippen molar-refractivity contribution < 1.29 is 9.59 Å². The van der Waals surface area contributed by atoms with Crippen LogP contribution in [0.25, 0.3) is 0 Å². The molecule has 0 saturated heterocycles. The number of hydrogen-bond donors (Lipinski definition) is 2. The Balaban J connectivity index is 2.44. The minimum Gasteiger partial charge on any atom is -0.333 e. The number of carbonyl (C=O) groups excluding carboxylic acids is 2. The van der Waals surface area contributed by atoms with Crippen LogP contribution in [0.4, 0.5) is 4.79 Å². The van der Waals surface area contributed by atoms with Crippen molar-refractivity contribution in [2.75, 3.05) is 5.75 Å². The first kappa shape index (κ1) is 16.5. The fourth-order valence-electron chi connectivity index (χ4n) is 1.35. The molecule has 0 aromatic carbocycles. The summed E-state index contributed by atoms with van der Waals surface area (Å²) in [7, 11) is 0. The minimum atomic E-state index is -0.492. The molecule has 3 amide bonds. The Kier molecular flexibility index (Phi) is 5.55. The number of urea groups is 1. The molecular formula is C12H21N5O2S. The van der Waals surface area contributed by atoms with Crippen molar-refractivity contribution in [2.45, 2.75) is 51.4 Å². The van der Waals surface area contributed by atoms with Crippen LogP contribution in [0.5, 0.6) is 0 Å². The Hall–Kier alpha value is -1.57. The standard InChI is InChI=1S/C12H21N5O2S/c1-8(2)17-7-13-16-11(17)20-6-9(18)14-10(19)15-12(3,4)5/h7-8H,6H2,1-5H3,(H2,14,15,18,19). The smallest absolute Gasteiger partial charge is 0.321 e. The first-order chi connectivity index (χ1) is 9.19. The van der Waals surface area contributed by atoms with E-state index < -0.39 is 6.03 Å². The normalized spacial score (nSPS) is 11.5. The zero-order valence-corrected chi connectivity index (χ0v) is 13.2. The van der Waals surface area contributed by atoms with Crippen molar-refractivity contribution in [2.24, 2.45) is 0 Å². The summed E-state index contributed by atoms with van der Waals surface area (Å²) in [5.41, 5.74) is -0.380. The van der Waals surface area contributed by atoms with E-state index in [4.69, 9.17) is 0 Å². The van der Waals surface area contributed by atoms with Gasteiger partial charge in [0, 0.05) is 11.6 Å². The zero-order chi connectivity index (χ0) is 15.3. The zero-order valence-electron chi connectivity index (χ0n) is 12.4. The second-order valence-electron chi connectivity index (χ2n) is 5.66. The number of aromatic nitrogens is 3. The predicted octanol–water partition coefficient (Wildman–Crippen LogP) is 1.58. The summed E-state index contributed by atoms with van der Waals surface area (Å²) in [6.07, 6.45) is 1.62. The predicted molar refractivity (Wildman–Crippen MR) is 77.6 cm³/mol. The van der Waals surface area contributed by atoms with Crippen LogP contribution in [0.2, 0.25) is 0 Å². The van der Waals surface area contributed by atoms with Crippen LogP contribution in [0.3, 0.4) is 0 Å². The highest BCUT2D eigenvalue weighted by Crippen LogP contribution is 2.18. The van der Waals surface area contributed by atoms with Crippen molar-refractivity contribution in [1.29, 1.82) is 0 Å². The van der Waals surface area contributed by atoms with Crippen molar-refractivity contribution in [1.82, 2.24) is 25.4 Å². The van der Waals surface area contributed by atoms with Gasteiger partial charge in [0.05, 0.1) is 5.75 Å². The van der Waals surface area contributed by atoms with Gasteiger partial charge < -0.3 is 9.88 Å². The summed E-state index contributed by atoms with van der Waals surface area (Å²) >= 11 is 1.25. The molecule has 0 atom stereocenters. The summed E-state index contributed by atoms with van der Waals surface area (Å²) in [5.74, 6) is -0.252. The van der Waals surface area contributed by atoms with E-state index in [1.165, 1.54) is 11.8 Å². The summed E-state index contributed by atoms with van der Waals surface area (Å²) < 4.78 is 1.87. The van der Waals surface area contributed by atoms with Crippen molar-refractivity contribution in [3.63, 3.8) is 0 Å². The Morgan fingerprint density at radius 1 is 1.40 bits per heavy atom. The van der Waals surface area contributed by atoms with Gasteiger partial charge in [0.25, 0.3) is 0 Å². The third-order valence-corrected chi connectivity index (χ3v) is 3.13. The summed E-state index contributed by atoms with van der Waals surface area (Å²) in [6, 6.07) is -0.270. The van der Waals surface area contributed by atoms with E-state index in [0.717, 1.165) is 0 Å². The maximum absolute atomic E-state index is 11.7. The molecule has 20 heavy (non-hydrogen) atoms. The lowest BCUT2D eigenvalue weighted by molar-refractivity contribution is -0.117. The molecule has 7 nitrogen and oxygen atoms in total. The largest absolute Gasteiger partial charge is 0.333 e. The van der Waals surface area contributed by atoms with Gasteiger partial charge in [-0.1, -0.05) is 11.8 Å². The van der Waals surface area contributed by atoms with Gasteiger partial charge >= 0.3 is 6.03 Å². The molecule has 0 saturated carbocycles. The van der Waals surface area contributed by atoms with E-state index in [-0.39, 0.29) is 23.2 Å². The van der Waals surface area contributed by atoms with Gasteiger partial charge in [-0.2, -0.15) is 0 Å². The number of nitrogens with one attached hydrogen (secondary N) is 2. The Labute approximate surface area is 122 Å². The molecule has 0 spiro atoms. The molecule has 1 heterocycles. The third kappa shape index (κ3) is 5.60. The third-order valence-electron chi connectivity index (χ3n) is 2.17. The molecule has 1 aromatic heterocycles. The first-order valence-corrected chi connectivity index (χ1v) is 7.32. The molecule has 1 aromatic rings. The maximum Gasteiger partial charge on any atom is 0.321 e. The highest BCUT2D eigenvalue weighted by molar-refractivity contribution is 7.99. The summed E-state index contributed by atoms with van der Waals surface area (Å²) in [5, 5.41) is 13.4.